The number of nitrogens with zero attached hydrogens (tertiary/aromatic N) is 3. The van der Waals surface area contributed by atoms with E-state index in [4.69, 9.17) is 36.3 Å². The van der Waals surface area contributed by atoms with Crippen LogP contribution in [0.25, 0.3) is 0 Å². The molecule has 0 fully saturated rings. The lowest BCUT2D eigenvalue weighted by Gasteiger charge is -2.29. The number of ether oxygens (including phenoxy) is 4. The Labute approximate surface area is 181 Å². The molecule has 30 heavy (non-hydrogen) atoms. The molecule has 164 valence electrons. The van der Waals surface area contributed by atoms with Gasteiger partial charge in [0.2, 0.25) is 0 Å². The molecule has 10 heteroatoms. The van der Waals surface area contributed by atoms with Crippen LogP contribution in [0.1, 0.15) is 31.9 Å². The highest BCUT2D eigenvalue weighted by molar-refractivity contribution is 6.30. The molecule has 2 aromatic rings. The Bertz CT molecular complexity index is 856. The van der Waals surface area contributed by atoms with Gasteiger partial charge >= 0.3 is 6.09 Å². The smallest absolute Gasteiger partial charge is 0.410 e. The number of methoxy groups -OCH3 is 3. The van der Waals surface area contributed by atoms with E-state index in [1.165, 1.54) is 25.4 Å². The first-order chi connectivity index (χ1) is 14.1. The van der Waals surface area contributed by atoms with Gasteiger partial charge < -0.3 is 24.7 Å². The molecule has 0 spiro atoms. The number of amides is 1. The molecular formula is C20H27ClN4O5. The van der Waals surface area contributed by atoms with Crippen molar-refractivity contribution in [3.8, 4) is 17.2 Å². The molecule has 1 aromatic carbocycles. The molecule has 2 rings (SSSR count). The summed E-state index contributed by atoms with van der Waals surface area (Å²) in [5.41, 5.74) is 6.29. The van der Waals surface area contributed by atoms with Gasteiger partial charge in [0.25, 0.3) is 0 Å². The molecule has 2 N–H and O–H groups in total. The normalized spacial score (nSPS) is 11.0. The number of carbonyl (C=O) groups is 1. The number of nitrogens with two attached hydrogens (primary N) is 1. The molecule has 1 heterocycles. The van der Waals surface area contributed by atoms with Crippen molar-refractivity contribution in [2.24, 2.45) is 0 Å². The van der Waals surface area contributed by atoms with E-state index in [0.717, 1.165) is 0 Å². The van der Waals surface area contributed by atoms with Crippen LogP contribution < -0.4 is 19.9 Å². The quantitative estimate of drug-likeness (QED) is 0.652. The minimum absolute atomic E-state index is 0.0265. The second-order valence-electron chi connectivity index (χ2n) is 7.38. The maximum atomic E-state index is 13.0. The van der Waals surface area contributed by atoms with Gasteiger partial charge in [-0.1, -0.05) is 11.6 Å². The van der Waals surface area contributed by atoms with Gasteiger partial charge in [-0.3, -0.25) is 4.90 Å². The van der Waals surface area contributed by atoms with Gasteiger partial charge in [-0.2, -0.15) is 0 Å². The number of nitrogen functional groups attached to an aromatic ring is 1. The van der Waals surface area contributed by atoms with Crippen LogP contribution in [0.4, 0.5) is 10.6 Å². The van der Waals surface area contributed by atoms with E-state index >= 15 is 0 Å². The molecule has 1 aromatic heterocycles. The van der Waals surface area contributed by atoms with Crippen molar-refractivity contribution in [2.45, 2.75) is 39.5 Å². The lowest BCUT2D eigenvalue weighted by Crippen LogP contribution is -2.36. The van der Waals surface area contributed by atoms with Crippen LogP contribution in [0.15, 0.2) is 18.5 Å². The Morgan fingerprint density at radius 1 is 1.03 bits per heavy atom. The average molecular weight is 439 g/mol. The van der Waals surface area contributed by atoms with E-state index in [2.05, 4.69) is 9.97 Å². The maximum Gasteiger partial charge on any atom is 0.410 e. The molecule has 0 aliphatic rings. The van der Waals surface area contributed by atoms with Crippen LogP contribution in [0.2, 0.25) is 5.15 Å². The molecule has 1 amide bonds. The third-order valence-electron chi connectivity index (χ3n) is 4.09. The first-order valence-corrected chi connectivity index (χ1v) is 9.49. The van der Waals surface area contributed by atoms with Crippen molar-refractivity contribution in [3.63, 3.8) is 0 Å². The summed E-state index contributed by atoms with van der Waals surface area (Å²) in [5, 5.41) is 0.157. The van der Waals surface area contributed by atoms with Gasteiger partial charge in [0.1, 0.15) is 40.1 Å². The molecule has 0 atom stereocenters. The zero-order valence-corrected chi connectivity index (χ0v) is 18.7. The predicted octanol–water partition coefficient (Wildman–Crippen LogP) is 3.68. The number of hydrogen-bond donors (Lipinski definition) is 1. The number of carbonyl (C=O) groups excluding carboxylic acids is 1. The lowest BCUT2D eigenvalue weighted by molar-refractivity contribution is 0.0214. The van der Waals surface area contributed by atoms with Crippen LogP contribution in [0.3, 0.4) is 0 Å². The van der Waals surface area contributed by atoms with Crippen LogP contribution >= 0.6 is 11.6 Å². The highest BCUT2D eigenvalue weighted by atomic mass is 35.5. The van der Waals surface area contributed by atoms with E-state index in [9.17, 15) is 4.79 Å². The van der Waals surface area contributed by atoms with Crippen molar-refractivity contribution in [3.05, 3.63) is 34.7 Å². The summed E-state index contributed by atoms with van der Waals surface area (Å²) in [7, 11) is 4.59. The molecule has 0 unspecified atom stereocenters. The standard InChI is InChI=1S/C20H27ClN4O5/c1-20(2,3)30-19(26)25(10-14-17(21)23-11-24-18(14)22)9-13-15(28-5)7-12(27-4)8-16(13)29-6/h7-8,11H,9-10H2,1-6H3,(H2,22,23,24). The zero-order chi connectivity index (χ0) is 22.5. The summed E-state index contributed by atoms with van der Waals surface area (Å²) in [6, 6.07) is 3.41. The second kappa shape index (κ2) is 9.71. The van der Waals surface area contributed by atoms with Gasteiger partial charge in [-0.15, -0.1) is 0 Å². The molecule has 0 aliphatic heterocycles. The van der Waals surface area contributed by atoms with Crippen LogP contribution in [-0.4, -0.2) is 47.9 Å². The number of benzene rings is 1. The summed E-state index contributed by atoms with van der Waals surface area (Å²) in [4.78, 5) is 22.3. The van der Waals surface area contributed by atoms with Crippen molar-refractivity contribution >= 4 is 23.5 Å². The fourth-order valence-corrected chi connectivity index (χ4v) is 2.88. The predicted molar refractivity (Wildman–Crippen MR) is 113 cm³/mol. The Balaban J connectivity index is 2.49. The van der Waals surface area contributed by atoms with E-state index in [1.54, 1.807) is 40.0 Å². The monoisotopic (exact) mass is 438 g/mol. The summed E-state index contributed by atoms with van der Waals surface area (Å²) in [6.07, 6.45) is 0.691. The van der Waals surface area contributed by atoms with Gasteiger partial charge in [-0.25, -0.2) is 14.8 Å². The number of anilines is 1. The van der Waals surface area contributed by atoms with Crippen molar-refractivity contribution < 1.29 is 23.7 Å². The summed E-state index contributed by atoms with van der Waals surface area (Å²) >= 11 is 6.20. The zero-order valence-electron chi connectivity index (χ0n) is 18.0. The SMILES string of the molecule is COc1cc(OC)c(CN(Cc2c(N)ncnc2Cl)C(=O)OC(C)(C)C)c(OC)c1. The number of hydrogen-bond acceptors (Lipinski definition) is 8. The van der Waals surface area contributed by atoms with Gasteiger partial charge in [0.05, 0.1) is 45.5 Å². The van der Waals surface area contributed by atoms with E-state index in [1.807, 2.05) is 0 Å². The molecule has 0 saturated carbocycles. The summed E-state index contributed by atoms with van der Waals surface area (Å²) < 4.78 is 21.8. The van der Waals surface area contributed by atoms with Crippen LogP contribution in [0, 0.1) is 0 Å². The van der Waals surface area contributed by atoms with Crippen molar-refractivity contribution in [1.29, 1.82) is 0 Å². The van der Waals surface area contributed by atoms with Gasteiger partial charge in [0.15, 0.2) is 0 Å². The Morgan fingerprint density at radius 3 is 2.07 bits per heavy atom. The first kappa shape index (κ1) is 23.3. The van der Waals surface area contributed by atoms with Gasteiger partial charge in [0, 0.05) is 12.1 Å². The van der Waals surface area contributed by atoms with Crippen molar-refractivity contribution in [1.82, 2.24) is 14.9 Å². The molecule has 0 bridgehead atoms. The fraction of sp³-hybridized carbons (Fsp3) is 0.450. The van der Waals surface area contributed by atoms with Crippen LogP contribution in [-0.2, 0) is 17.8 Å². The van der Waals surface area contributed by atoms with Crippen LogP contribution in [0.5, 0.6) is 17.2 Å². The number of halogens is 1. The van der Waals surface area contributed by atoms with Crippen molar-refractivity contribution in [2.75, 3.05) is 27.1 Å². The van der Waals surface area contributed by atoms with E-state index < -0.39 is 11.7 Å². The third kappa shape index (κ3) is 5.79. The average Bonchev–Trinajstić information content (AvgIpc) is 2.68. The highest BCUT2D eigenvalue weighted by Gasteiger charge is 2.27. The first-order valence-electron chi connectivity index (χ1n) is 9.11. The third-order valence-corrected chi connectivity index (χ3v) is 4.42. The molecule has 0 aliphatic carbocycles. The molecule has 0 saturated heterocycles. The minimum atomic E-state index is -0.702. The second-order valence-corrected chi connectivity index (χ2v) is 7.73. The van der Waals surface area contributed by atoms with E-state index in [-0.39, 0.29) is 24.1 Å². The minimum Gasteiger partial charge on any atom is -0.496 e. The number of rotatable bonds is 7. The summed E-state index contributed by atoms with van der Waals surface area (Å²) in [5.74, 6) is 1.71. The molecular weight excluding hydrogens is 412 g/mol. The molecule has 9 nitrogen and oxygen atoms in total. The molecule has 0 radical (unpaired) electrons. The van der Waals surface area contributed by atoms with E-state index in [0.29, 0.717) is 28.4 Å². The Kier molecular flexibility index (Phi) is 7.55. The lowest BCUT2D eigenvalue weighted by atomic mass is 10.1. The fourth-order valence-electron chi connectivity index (χ4n) is 2.68. The summed E-state index contributed by atoms with van der Waals surface area (Å²) in [6.45, 7) is 5.47. The highest BCUT2D eigenvalue weighted by Crippen LogP contribution is 2.36. The maximum absolute atomic E-state index is 13.0. The largest absolute Gasteiger partial charge is 0.496 e. The van der Waals surface area contributed by atoms with Gasteiger partial charge in [-0.05, 0) is 20.8 Å². The topological polar surface area (TPSA) is 109 Å². The number of aromatic nitrogens is 2. The Morgan fingerprint density at radius 2 is 1.60 bits per heavy atom. The Hall–Kier alpha value is -2.94.